The molecule has 0 fully saturated rings. The maximum Gasteiger partial charge on any atom is 0.242 e. The van der Waals surface area contributed by atoms with Crippen LogP contribution in [0.15, 0.2) is 84.9 Å². The Morgan fingerprint density at radius 3 is 2.28 bits per heavy atom. The highest BCUT2D eigenvalue weighted by Gasteiger charge is 2.31. The zero-order valence-electron chi connectivity index (χ0n) is 13.9. The van der Waals surface area contributed by atoms with Crippen molar-refractivity contribution in [2.24, 2.45) is 0 Å². The van der Waals surface area contributed by atoms with Crippen LogP contribution in [0.2, 0.25) is 0 Å². The van der Waals surface area contributed by atoms with Crippen molar-refractivity contribution >= 4 is 11.6 Å². The molecule has 1 heterocycles. The summed E-state index contributed by atoms with van der Waals surface area (Å²) in [6.07, 6.45) is 1.27. The number of hydrogen-bond donors (Lipinski definition) is 1. The van der Waals surface area contributed by atoms with Crippen LogP contribution in [-0.4, -0.2) is 5.91 Å². The lowest BCUT2D eigenvalue weighted by molar-refractivity contribution is -0.120. The van der Waals surface area contributed by atoms with Crippen molar-refractivity contribution in [3.8, 4) is 0 Å². The number of rotatable bonds is 4. The Balaban J connectivity index is 1.59. The van der Waals surface area contributed by atoms with Crippen LogP contribution < -0.4 is 10.4 Å². The summed E-state index contributed by atoms with van der Waals surface area (Å²) in [5.74, 6) is 0.00355. The third kappa shape index (κ3) is 3.26. The molecule has 124 valence electrons. The van der Waals surface area contributed by atoms with Gasteiger partial charge in [0.2, 0.25) is 5.91 Å². The molecule has 1 aliphatic rings. The van der Waals surface area contributed by atoms with Gasteiger partial charge in [-0.1, -0.05) is 78.9 Å². The number of amides is 1. The summed E-state index contributed by atoms with van der Waals surface area (Å²) in [7, 11) is 0. The number of nitrogens with zero attached hydrogens (tertiary/aromatic N) is 1. The first-order chi connectivity index (χ1) is 12.3. The van der Waals surface area contributed by atoms with E-state index in [1.54, 1.807) is 0 Å². The predicted molar refractivity (Wildman–Crippen MR) is 100 cm³/mol. The Hall–Kier alpha value is -3.07. The van der Waals surface area contributed by atoms with Crippen molar-refractivity contribution in [3.05, 3.63) is 102 Å². The molecule has 4 rings (SSSR count). The number of fused-ring (bicyclic) bond motifs is 1. The molecule has 1 aliphatic heterocycles. The van der Waals surface area contributed by atoms with Crippen LogP contribution in [0.5, 0.6) is 0 Å². The average molecular weight is 328 g/mol. The Morgan fingerprint density at radius 2 is 1.52 bits per heavy atom. The molecule has 0 unspecified atom stereocenters. The molecule has 0 spiro atoms. The molecule has 25 heavy (non-hydrogen) atoms. The molecule has 1 amide bonds. The minimum absolute atomic E-state index is 0.00355. The molecule has 3 aromatic carbocycles. The molecule has 0 radical (unpaired) electrons. The van der Waals surface area contributed by atoms with E-state index < -0.39 is 0 Å². The summed E-state index contributed by atoms with van der Waals surface area (Å²) in [6, 6.07) is 28.6. The highest BCUT2D eigenvalue weighted by atomic mass is 16.2. The first-order valence-electron chi connectivity index (χ1n) is 8.57. The molecule has 0 saturated heterocycles. The first kappa shape index (κ1) is 15.5. The second-order valence-electron chi connectivity index (χ2n) is 6.33. The minimum atomic E-state index is 0.00355. The van der Waals surface area contributed by atoms with E-state index in [0.717, 1.165) is 17.7 Å². The zero-order valence-corrected chi connectivity index (χ0v) is 13.9. The van der Waals surface area contributed by atoms with E-state index in [1.807, 2.05) is 59.6 Å². The van der Waals surface area contributed by atoms with Crippen molar-refractivity contribution < 1.29 is 4.79 Å². The molecule has 0 bridgehead atoms. The highest BCUT2D eigenvalue weighted by molar-refractivity contribution is 5.81. The molecule has 0 aromatic heterocycles. The van der Waals surface area contributed by atoms with Gasteiger partial charge in [-0.2, -0.15) is 0 Å². The van der Waals surface area contributed by atoms with E-state index in [9.17, 15) is 4.79 Å². The molecule has 3 aromatic rings. The topological polar surface area (TPSA) is 32.3 Å². The van der Waals surface area contributed by atoms with Crippen molar-refractivity contribution in [1.29, 1.82) is 0 Å². The summed E-state index contributed by atoms with van der Waals surface area (Å²) in [5.41, 5.74) is 7.69. The van der Waals surface area contributed by atoms with Crippen LogP contribution >= 0.6 is 0 Å². The smallest absolute Gasteiger partial charge is 0.242 e. The lowest BCUT2D eigenvalue weighted by atomic mass is 10.0. The quantitative estimate of drug-likeness (QED) is 0.783. The van der Waals surface area contributed by atoms with Gasteiger partial charge in [0.25, 0.3) is 0 Å². The van der Waals surface area contributed by atoms with E-state index >= 15 is 0 Å². The Labute approximate surface area is 147 Å². The summed E-state index contributed by atoms with van der Waals surface area (Å²) in [6.45, 7) is 0. The molecular formula is C22H20N2O. The number of carbonyl (C=O) groups excluding carboxylic acids is 1. The van der Waals surface area contributed by atoms with E-state index in [0.29, 0.717) is 6.42 Å². The Bertz CT molecular complexity index is 861. The lowest BCUT2D eigenvalue weighted by Gasteiger charge is -2.28. The van der Waals surface area contributed by atoms with Crippen LogP contribution in [0, 0.1) is 0 Å². The predicted octanol–water partition coefficient (Wildman–Crippen LogP) is 4.06. The fourth-order valence-electron chi connectivity index (χ4n) is 3.42. The van der Waals surface area contributed by atoms with E-state index in [-0.39, 0.29) is 11.9 Å². The maximum atomic E-state index is 12.6. The highest BCUT2D eigenvalue weighted by Crippen LogP contribution is 2.38. The van der Waals surface area contributed by atoms with Gasteiger partial charge < -0.3 is 0 Å². The van der Waals surface area contributed by atoms with Gasteiger partial charge in [0, 0.05) is 6.42 Å². The number of anilines is 1. The number of hydrogen-bond acceptors (Lipinski definition) is 2. The SMILES string of the molecule is O=C(Cc1ccccc1)NN1c2ccccc2C[C@@H]1c1ccccc1. The first-order valence-corrected chi connectivity index (χ1v) is 8.57. The van der Waals surface area contributed by atoms with Crippen LogP contribution in [-0.2, 0) is 17.6 Å². The minimum Gasteiger partial charge on any atom is -0.277 e. The second-order valence-corrected chi connectivity index (χ2v) is 6.33. The fraction of sp³-hybridized carbons (Fsp3) is 0.136. The van der Waals surface area contributed by atoms with Gasteiger partial charge in [-0.05, 0) is 22.8 Å². The number of nitrogens with one attached hydrogen (secondary N) is 1. The summed E-state index contributed by atoms with van der Waals surface area (Å²) < 4.78 is 0. The van der Waals surface area contributed by atoms with Crippen LogP contribution in [0.4, 0.5) is 5.69 Å². The average Bonchev–Trinajstić information content (AvgIpc) is 3.02. The zero-order chi connectivity index (χ0) is 17.1. The molecule has 1 atom stereocenters. The van der Waals surface area contributed by atoms with Gasteiger partial charge in [-0.25, -0.2) is 0 Å². The summed E-state index contributed by atoms with van der Waals surface area (Å²) >= 11 is 0. The monoisotopic (exact) mass is 328 g/mol. The van der Waals surface area contributed by atoms with Gasteiger partial charge in [0.15, 0.2) is 0 Å². The number of carbonyl (C=O) groups is 1. The second kappa shape index (κ2) is 6.81. The maximum absolute atomic E-state index is 12.6. The lowest BCUT2D eigenvalue weighted by Crippen LogP contribution is -2.43. The van der Waals surface area contributed by atoms with E-state index in [2.05, 4.69) is 35.8 Å². The molecule has 0 aliphatic carbocycles. The third-order valence-corrected chi connectivity index (χ3v) is 4.61. The van der Waals surface area contributed by atoms with Gasteiger partial charge in [-0.3, -0.25) is 15.2 Å². The molecule has 3 nitrogen and oxygen atoms in total. The normalized spacial score (nSPS) is 15.7. The van der Waals surface area contributed by atoms with Crippen LogP contribution in [0.3, 0.4) is 0 Å². The molecule has 3 heteroatoms. The van der Waals surface area contributed by atoms with Crippen molar-refractivity contribution in [2.45, 2.75) is 18.9 Å². The molecule has 0 saturated carbocycles. The van der Waals surface area contributed by atoms with Crippen molar-refractivity contribution in [2.75, 3.05) is 5.01 Å². The van der Waals surface area contributed by atoms with Crippen molar-refractivity contribution in [1.82, 2.24) is 5.43 Å². The number of para-hydroxylation sites is 1. The number of benzene rings is 3. The Morgan fingerprint density at radius 1 is 0.880 bits per heavy atom. The molecule has 1 N–H and O–H groups in total. The van der Waals surface area contributed by atoms with Gasteiger partial charge >= 0.3 is 0 Å². The van der Waals surface area contributed by atoms with E-state index in [4.69, 9.17) is 0 Å². The van der Waals surface area contributed by atoms with Crippen LogP contribution in [0.1, 0.15) is 22.7 Å². The van der Waals surface area contributed by atoms with Gasteiger partial charge in [0.1, 0.15) is 0 Å². The fourth-order valence-corrected chi connectivity index (χ4v) is 3.42. The third-order valence-electron chi connectivity index (χ3n) is 4.61. The molecular weight excluding hydrogens is 308 g/mol. The summed E-state index contributed by atoms with van der Waals surface area (Å²) in [4.78, 5) is 12.6. The van der Waals surface area contributed by atoms with Gasteiger partial charge in [0.05, 0.1) is 18.2 Å². The largest absolute Gasteiger partial charge is 0.277 e. The Kier molecular flexibility index (Phi) is 4.21. The van der Waals surface area contributed by atoms with Crippen molar-refractivity contribution in [3.63, 3.8) is 0 Å². The number of hydrazine groups is 1. The summed E-state index contributed by atoms with van der Waals surface area (Å²) in [5, 5.41) is 2.02. The standard InChI is InChI=1S/C22H20N2O/c25-22(15-17-9-3-1-4-10-17)23-24-20-14-8-7-13-19(20)16-21(24)18-11-5-2-6-12-18/h1-14,21H,15-16H2,(H,23,25)/t21-/m1/s1. The van der Waals surface area contributed by atoms with E-state index in [1.165, 1.54) is 11.1 Å². The van der Waals surface area contributed by atoms with Gasteiger partial charge in [-0.15, -0.1) is 0 Å². The van der Waals surface area contributed by atoms with Crippen LogP contribution in [0.25, 0.3) is 0 Å².